The number of aromatic nitrogens is 3. The summed E-state index contributed by atoms with van der Waals surface area (Å²) in [7, 11) is 0. The molecule has 3 rings (SSSR count). The zero-order valence-electron chi connectivity index (χ0n) is 10.5. The van der Waals surface area contributed by atoms with Crippen LogP contribution in [0.15, 0.2) is 30.5 Å². The zero-order valence-corrected chi connectivity index (χ0v) is 10.5. The molecule has 0 saturated carbocycles. The number of aldehydes is 1. The summed E-state index contributed by atoms with van der Waals surface area (Å²) in [6, 6.07) is 5.20. The Morgan fingerprint density at radius 3 is 2.65 bits per heavy atom. The highest BCUT2D eigenvalue weighted by Crippen LogP contribution is 2.22. The third-order valence-corrected chi connectivity index (χ3v) is 3.10. The van der Waals surface area contributed by atoms with Gasteiger partial charge in [-0.2, -0.15) is 0 Å². The first-order valence-corrected chi connectivity index (χ1v) is 5.86. The molecule has 0 fully saturated rings. The van der Waals surface area contributed by atoms with Crippen molar-refractivity contribution in [3.05, 3.63) is 53.2 Å². The molecular formula is C14H9F2N3O. The first kappa shape index (κ1) is 12.4. The molecule has 3 aromatic rings. The van der Waals surface area contributed by atoms with Gasteiger partial charge >= 0.3 is 0 Å². The van der Waals surface area contributed by atoms with Crippen LogP contribution in [0.1, 0.15) is 15.9 Å². The number of rotatable bonds is 2. The molecule has 0 unspecified atom stereocenters. The Labute approximate surface area is 112 Å². The summed E-state index contributed by atoms with van der Waals surface area (Å²) in [6.07, 6.45) is 2.30. The summed E-state index contributed by atoms with van der Waals surface area (Å²) >= 11 is 0. The quantitative estimate of drug-likeness (QED) is 0.674. The van der Waals surface area contributed by atoms with Crippen LogP contribution in [0.5, 0.6) is 0 Å². The van der Waals surface area contributed by atoms with Gasteiger partial charge in [-0.3, -0.25) is 9.20 Å². The van der Waals surface area contributed by atoms with Crippen LogP contribution in [0.2, 0.25) is 0 Å². The largest absolute Gasteiger partial charge is 0.298 e. The average molecular weight is 273 g/mol. The SMILES string of the molecule is Cc1cc2nnc(-c3ccc(F)c(F)c3)n2cc1C=O. The Kier molecular flexibility index (Phi) is 2.78. The third-order valence-electron chi connectivity index (χ3n) is 3.10. The van der Waals surface area contributed by atoms with E-state index in [-0.39, 0.29) is 0 Å². The van der Waals surface area contributed by atoms with Crippen LogP contribution in [-0.4, -0.2) is 20.9 Å². The van der Waals surface area contributed by atoms with Crippen LogP contribution in [0.4, 0.5) is 8.78 Å². The van der Waals surface area contributed by atoms with Crippen LogP contribution in [0.25, 0.3) is 17.0 Å². The first-order valence-electron chi connectivity index (χ1n) is 5.86. The van der Waals surface area contributed by atoms with Crippen molar-refractivity contribution in [3.63, 3.8) is 0 Å². The van der Waals surface area contributed by atoms with E-state index in [1.54, 1.807) is 23.6 Å². The molecular weight excluding hydrogens is 264 g/mol. The maximum absolute atomic E-state index is 13.3. The Morgan fingerprint density at radius 2 is 1.95 bits per heavy atom. The highest BCUT2D eigenvalue weighted by molar-refractivity contribution is 5.78. The molecule has 6 heteroatoms. The van der Waals surface area contributed by atoms with E-state index < -0.39 is 11.6 Å². The minimum Gasteiger partial charge on any atom is -0.298 e. The van der Waals surface area contributed by atoms with Gasteiger partial charge in [0.05, 0.1) is 0 Å². The van der Waals surface area contributed by atoms with Crippen molar-refractivity contribution in [2.45, 2.75) is 6.92 Å². The van der Waals surface area contributed by atoms with Gasteiger partial charge in [-0.05, 0) is 36.8 Å². The van der Waals surface area contributed by atoms with E-state index in [1.807, 2.05) is 0 Å². The third kappa shape index (κ3) is 1.85. The number of aryl methyl sites for hydroxylation is 1. The van der Waals surface area contributed by atoms with E-state index in [1.165, 1.54) is 6.07 Å². The standard InChI is InChI=1S/C14H9F2N3O/c1-8-4-13-17-18-14(19(13)6-10(8)7-20)9-2-3-11(15)12(16)5-9/h2-7H,1H3. The van der Waals surface area contributed by atoms with Crippen LogP contribution in [-0.2, 0) is 0 Å². The Bertz CT molecular complexity index is 827. The molecule has 0 spiro atoms. The molecule has 100 valence electrons. The number of benzene rings is 1. The highest BCUT2D eigenvalue weighted by atomic mass is 19.2. The van der Waals surface area contributed by atoms with Crippen molar-refractivity contribution in [1.29, 1.82) is 0 Å². The van der Waals surface area contributed by atoms with E-state index in [0.29, 0.717) is 22.6 Å². The molecule has 0 bridgehead atoms. The van der Waals surface area contributed by atoms with E-state index in [2.05, 4.69) is 10.2 Å². The molecule has 0 amide bonds. The van der Waals surface area contributed by atoms with Crippen molar-refractivity contribution >= 4 is 11.9 Å². The van der Waals surface area contributed by atoms with Gasteiger partial charge < -0.3 is 0 Å². The second kappa shape index (κ2) is 4.48. The summed E-state index contributed by atoms with van der Waals surface area (Å²) in [6.45, 7) is 1.79. The monoisotopic (exact) mass is 273 g/mol. The predicted octanol–water partition coefficient (Wildman–Crippen LogP) is 2.80. The van der Waals surface area contributed by atoms with Crippen LogP contribution < -0.4 is 0 Å². The molecule has 2 heterocycles. The number of fused-ring (bicyclic) bond motifs is 1. The van der Waals surface area contributed by atoms with E-state index >= 15 is 0 Å². The normalized spacial score (nSPS) is 10.9. The van der Waals surface area contributed by atoms with Gasteiger partial charge in [-0.1, -0.05) is 0 Å². The zero-order chi connectivity index (χ0) is 14.3. The van der Waals surface area contributed by atoms with Crippen molar-refractivity contribution in [2.75, 3.05) is 0 Å². The maximum atomic E-state index is 13.3. The summed E-state index contributed by atoms with van der Waals surface area (Å²) in [5.41, 5.74) is 2.18. The molecule has 0 aliphatic heterocycles. The second-order valence-corrected chi connectivity index (χ2v) is 4.41. The molecule has 0 atom stereocenters. The van der Waals surface area contributed by atoms with E-state index in [9.17, 15) is 13.6 Å². The molecule has 2 aromatic heterocycles. The highest BCUT2D eigenvalue weighted by Gasteiger charge is 2.12. The van der Waals surface area contributed by atoms with Crippen LogP contribution >= 0.6 is 0 Å². The van der Waals surface area contributed by atoms with Gasteiger partial charge in [-0.25, -0.2) is 8.78 Å². The summed E-state index contributed by atoms with van der Waals surface area (Å²) in [4.78, 5) is 11.0. The Morgan fingerprint density at radius 1 is 1.15 bits per heavy atom. The van der Waals surface area contributed by atoms with Crippen LogP contribution in [0.3, 0.4) is 0 Å². The average Bonchev–Trinajstić information content (AvgIpc) is 2.83. The van der Waals surface area contributed by atoms with Gasteiger partial charge in [0.15, 0.2) is 29.4 Å². The number of halogens is 2. The first-order chi connectivity index (χ1) is 9.60. The minimum absolute atomic E-state index is 0.349. The lowest BCUT2D eigenvalue weighted by molar-refractivity contribution is 0.112. The van der Waals surface area contributed by atoms with Gasteiger partial charge in [-0.15, -0.1) is 10.2 Å². The molecule has 1 aromatic carbocycles. The topological polar surface area (TPSA) is 47.3 Å². The lowest BCUT2D eigenvalue weighted by Crippen LogP contribution is -1.96. The lowest BCUT2D eigenvalue weighted by Gasteiger charge is -2.03. The van der Waals surface area contributed by atoms with Crippen LogP contribution in [0, 0.1) is 18.6 Å². The Balaban J connectivity index is 2.25. The predicted molar refractivity (Wildman–Crippen MR) is 68.5 cm³/mol. The lowest BCUT2D eigenvalue weighted by atomic mass is 10.1. The molecule has 0 radical (unpaired) electrons. The van der Waals surface area contributed by atoms with Gasteiger partial charge in [0, 0.05) is 17.3 Å². The fourth-order valence-electron chi connectivity index (χ4n) is 2.00. The molecule has 20 heavy (non-hydrogen) atoms. The van der Waals surface area contributed by atoms with E-state index in [0.717, 1.165) is 24.0 Å². The van der Waals surface area contributed by atoms with Gasteiger partial charge in [0.25, 0.3) is 0 Å². The number of carbonyl (C=O) groups excluding carboxylic acids is 1. The van der Waals surface area contributed by atoms with Gasteiger partial charge in [0.2, 0.25) is 0 Å². The summed E-state index contributed by atoms with van der Waals surface area (Å²) in [5.74, 6) is -1.53. The molecule has 0 saturated heterocycles. The van der Waals surface area contributed by atoms with Crippen molar-refractivity contribution < 1.29 is 13.6 Å². The number of hydrogen-bond acceptors (Lipinski definition) is 3. The summed E-state index contributed by atoms with van der Waals surface area (Å²) in [5, 5.41) is 7.92. The number of carbonyl (C=O) groups is 1. The van der Waals surface area contributed by atoms with Crippen molar-refractivity contribution in [3.8, 4) is 11.4 Å². The van der Waals surface area contributed by atoms with Gasteiger partial charge in [0.1, 0.15) is 0 Å². The second-order valence-electron chi connectivity index (χ2n) is 4.41. The summed E-state index contributed by atoms with van der Waals surface area (Å²) < 4.78 is 27.8. The number of hydrogen-bond donors (Lipinski definition) is 0. The number of pyridine rings is 1. The smallest absolute Gasteiger partial charge is 0.168 e. The van der Waals surface area contributed by atoms with Crippen molar-refractivity contribution in [2.24, 2.45) is 0 Å². The molecule has 0 aliphatic rings. The minimum atomic E-state index is -0.957. The van der Waals surface area contributed by atoms with E-state index in [4.69, 9.17) is 0 Å². The fourth-order valence-corrected chi connectivity index (χ4v) is 2.00. The molecule has 0 aliphatic carbocycles. The maximum Gasteiger partial charge on any atom is 0.168 e. The van der Waals surface area contributed by atoms with Crippen molar-refractivity contribution in [1.82, 2.24) is 14.6 Å². The number of nitrogens with zero attached hydrogens (tertiary/aromatic N) is 3. The fraction of sp³-hybridized carbons (Fsp3) is 0.0714. The molecule has 0 N–H and O–H groups in total. The Hall–Kier alpha value is -2.63. The molecule has 4 nitrogen and oxygen atoms in total.